The first kappa shape index (κ1) is 12.5. The molecule has 0 amide bonds. The summed E-state index contributed by atoms with van der Waals surface area (Å²) in [7, 11) is 1.60. The van der Waals surface area contributed by atoms with Gasteiger partial charge in [-0.1, -0.05) is 37.3 Å². The Bertz CT molecular complexity index is 394. The standard InChI is InChI=1S/C13H16O3/c1-3-6-12(13(14)15)11-8-5-4-7-10(11)9-16-2/h4-8H,3,9H2,1-2H3,(H,14,15)/b12-6-. The number of hydrogen-bond acceptors (Lipinski definition) is 2. The maximum absolute atomic E-state index is 11.1. The molecule has 0 aliphatic rings. The molecule has 0 heterocycles. The Morgan fingerprint density at radius 2 is 2.12 bits per heavy atom. The third-order valence-electron chi connectivity index (χ3n) is 2.25. The van der Waals surface area contributed by atoms with Gasteiger partial charge in [-0.25, -0.2) is 4.79 Å². The van der Waals surface area contributed by atoms with Crippen molar-refractivity contribution < 1.29 is 14.6 Å². The minimum atomic E-state index is -0.898. The fourth-order valence-corrected chi connectivity index (χ4v) is 1.58. The number of methoxy groups -OCH3 is 1. The molecular formula is C13H16O3. The van der Waals surface area contributed by atoms with E-state index in [4.69, 9.17) is 9.84 Å². The van der Waals surface area contributed by atoms with Crippen molar-refractivity contribution in [3.8, 4) is 0 Å². The number of rotatable bonds is 5. The molecule has 0 aliphatic heterocycles. The first-order valence-electron chi connectivity index (χ1n) is 5.21. The van der Waals surface area contributed by atoms with E-state index in [2.05, 4.69) is 0 Å². The molecule has 1 N–H and O–H groups in total. The number of aliphatic carboxylic acids is 1. The smallest absolute Gasteiger partial charge is 0.335 e. The van der Waals surface area contributed by atoms with Crippen molar-refractivity contribution in [3.63, 3.8) is 0 Å². The molecule has 0 bridgehead atoms. The molecule has 3 nitrogen and oxygen atoms in total. The van der Waals surface area contributed by atoms with Crippen LogP contribution in [-0.2, 0) is 16.1 Å². The molecule has 0 unspecified atom stereocenters. The summed E-state index contributed by atoms with van der Waals surface area (Å²) in [5, 5.41) is 9.14. The zero-order chi connectivity index (χ0) is 12.0. The molecule has 0 saturated heterocycles. The van der Waals surface area contributed by atoms with Gasteiger partial charge < -0.3 is 9.84 Å². The molecule has 16 heavy (non-hydrogen) atoms. The van der Waals surface area contributed by atoms with Gasteiger partial charge in [0.25, 0.3) is 0 Å². The average Bonchev–Trinajstić information content (AvgIpc) is 2.27. The van der Waals surface area contributed by atoms with Gasteiger partial charge in [-0.15, -0.1) is 0 Å². The lowest BCUT2D eigenvalue weighted by Crippen LogP contribution is -2.03. The fraction of sp³-hybridized carbons (Fsp3) is 0.308. The quantitative estimate of drug-likeness (QED) is 0.776. The lowest BCUT2D eigenvalue weighted by atomic mass is 9.99. The Kier molecular flexibility index (Phi) is 4.73. The number of carboxylic acids is 1. The first-order valence-corrected chi connectivity index (χ1v) is 5.21. The summed E-state index contributed by atoms with van der Waals surface area (Å²) in [4.78, 5) is 11.1. The van der Waals surface area contributed by atoms with Crippen molar-refractivity contribution >= 4 is 11.5 Å². The molecule has 0 spiro atoms. The van der Waals surface area contributed by atoms with E-state index in [1.54, 1.807) is 13.2 Å². The van der Waals surface area contributed by atoms with Gasteiger partial charge in [-0.2, -0.15) is 0 Å². The number of ether oxygens (including phenoxy) is 1. The van der Waals surface area contributed by atoms with E-state index in [1.165, 1.54) is 0 Å². The molecule has 1 rings (SSSR count). The van der Waals surface area contributed by atoms with Crippen molar-refractivity contribution in [2.24, 2.45) is 0 Å². The molecule has 0 fully saturated rings. The SMILES string of the molecule is CC/C=C(\C(=O)O)c1ccccc1COC. The van der Waals surface area contributed by atoms with Crippen LogP contribution in [0.25, 0.3) is 5.57 Å². The summed E-state index contributed by atoms with van der Waals surface area (Å²) in [6.07, 6.45) is 2.42. The van der Waals surface area contributed by atoms with Crippen LogP contribution in [0, 0.1) is 0 Å². The highest BCUT2D eigenvalue weighted by molar-refractivity contribution is 6.15. The summed E-state index contributed by atoms with van der Waals surface area (Å²) in [5.41, 5.74) is 1.97. The van der Waals surface area contributed by atoms with Gasteiger partial charge in [0.15, 0.2) is 0 Å². The summed E-state index contributed by atoms with van der Waals surface area (Å²) < 4.78 is 5.06. The molecule has 0 saturated carbocycles. The molecule has 1 aromatic carbocycles. The minimum Gasteiger partial charge on any atom is -0.478 e. The van der Waals surface area contributed by atoms with Crippen LogP contribution in [-0.4, -0.2) is 18.2 Å². The van der Waals surface area contributed by atoms with Crippen LogP contribution < -0.4 is 0 Å². The van der Waals surface area contributed by atoms with Gasteiger partial charge in [-0.3, -0.25) is 0 Å². The van der Waals surface area contributed by atoms with Crippen LogP contribution in [0.1, 0.15) is 24.5 Å². The second-order valence-corrected chi connectivity index (χ2v) is 3.42. The van der Waals surface area contributed by atoms with Crippen molar-refractivity contribution in [2.45, 2.75) is 20.0 Å². The van der Waals surface area contributed by atoms with E-state index in [1.807, 2.05) is 31.2 Å². The Morgan fingerprint density at radius 3 is 2.69 bits per heavy atom. The lowest BCUT2D eigenvalue weighted by Gasteiger charge is -2.09. The van der Waals surface area contributed by atoms with Gasteiger partial charge in [0.1, 0.15) is 0 Å². The van der Waals surface area contributed by atoms with Crippen LogP contribution in [0.3, 0.4) is 0 Å². The highest BCUT2D eigenvalue weighted by atomic mass is 16.5. The second-order valence-electron chi connectivity index (χ2n) is 3.42. The highest BCUT2D eigenvalue weighted by Gasteiger charge is 2.12. The molecule has 0 aromatic heterocycles. The third kappa shape index (κ3) is 2.94. The zero-order valence-corrected chi connectivity index (χ0v) is 9.56. The summed E-state index contributed by atoms with van der Waals surface area (Å²) in [6, 6.07) is 7.40. The topological polar surface area (TPSA) is 46.5 Å². The van der Waals surface area contributed by atoms with E-state index in [-0.39, 0.29) is 0 Å². The number of hydrogen-bond donors (Lipinski definition) is 1. The largest absolute Gasteiger partial charge is 0.478 e. The Labute approximate surface area is 95.4 Å². The maximum Gasteiger partial charge on any atom is 0.335 e. The van der Waals surface area contributed by atoms with Gasteiger partial charge in [0.2, 0.25) is 0 Å². The third-order valence-corrected chi connectivity index (χ3v) is 2.25. The summed E-state index contributed by atoms with van der Waals surface area (Å²) in [6.45, 7) is 2.34. The van der Waals surface area contributed by atoms with Gasteiger partial charge in [0, 0.05) is 7.11 Å². The normalized spacial score (nSPS) is 11.5. The van der Waals surface area contributed by atoms with Crippen LogP contribution in [0.5, 0.6) is 0 Å². The fourth-order valence-electron chi connectivity index (χ4n) is 1.58. The summed E-state index contributed by atoms with van der Waals surface area (Å²) >= 11 is 0. The highest BCUT2D eigenvalue weighted by Crippen LogP contribution is 2.20. The first-order chi connectivity index (χ1) is 7.70. The van der Waals surface area contributed by atoms with Gasteiger partial charge >= 0.3 is 5.97 Å². The van der Waals surface area contributed by atoms with E-state index in [0.29, 0.717) is 18.6 Å². The number of carbonyl (C=O) groups is 1. The molecule has 1 aromatic rings. The molecule has 0 aliphatic carbocycles. The minimum absolute atomic E-state index is 0.343. The average molecular weight is 220 g/mol. The predicted molar refractivity (Wildman–Crippen MR) is 63.1 cm³/mol. The van der Waals surface area contributed by atoms with Crippen LogP contribution in [0.15, 0.2) is 30.3 Å². The predicted octanol–water partition coefficient (Wildman–Crippen LogP) is 2.71. The number of benzene rings is 1. The van der Waals surface area contributed by atoms with Crippen LogP contribution in [0.4, 0.5) is 0 Å². The maximum atomic E-state index is 11.1. The van der Waals surface area contributed by atoms with Crippen LogP contribution in [0.2, 0.25) is 0 Å². The van der Waals surface area contributed by atoms with Crippen molar-refractivity contribution in [1.29, 1.82) is 0 Å². The molecule has 0 atom stereocenters. The monoisotopic (exact) mass is 220 g/mol. The molecule has 86 valence electrons. The molecular weight excluding hydrogens is 204 g/mol. The zero-order valence-electron chi connectivity index (χ0n) is 9.56. The molecule has 0 radical (unpaired) electrons. The van der Waals surface area contributed by atoms with E-state index < -0.39 is 5.97 Å². The van der Waals surface area contributed by atoms with Crippen molar-refractivity contribution in [3.05, 3.63) is 41.5 Å². The second kappa shape index (κ2) is 6.08. The van der Waals surface area contributed by atoms with Crippen LogP contribution >= 0.6 is 0 Å². The number of allylic oxidation sites excluding steroid dienone is 1. The Balaban J connectivity index is 3.18. The number of carboxylic acid groups (broad SMARTS) is 1. The van der Waals surface area contributed by atoms with Gasteiger partial charge in [0.05, 0.1) is 12.2 Å². The Hall–Kier alpha value is -1.61. The van der Waals surface area contributed by atoms with Crippen molar-refractivity contribution in [1.82, 2.24) is 0 Å². The lowest BCUT2D eigenvalue weighted by molar-refractivity contribution is -0.130. The van der Waals surface area contributed by atoms with Crippen molar-refractivity contribution in [2.75, 3.05) is 7.11 Å². The summed E-state index contributed by atoms with van der Waals surface area (Å²) in [5.74, 6) is -0.898. The van der Waals surface area contributed by atoms with E-state index in [0.717, 1.165) is 11.1 Å². The Morgan fingerprint density at radius 1 is 1.44 bits per heavy atom. The van der Waals surface area contributed by atoms with Gasteiger partial charge in [-0.05, 0) is 17.5 Å². The van der Waals surface area contributed by atoms with E-state index in [9.17, 15) is 4.79 Å². The van der Waals surface area contributed by atoms with E-state index >= 15 is 0 Å². The molecule has 3 heteroatoms.